The lowest BCUT2D eigenvalue weighted by Gasteiger charge is -2.29. The summed E-state index contributed by atoms with van der Waals surface area (Å²) in [7, 11) is 0. The Morgan fingerprint density at radius 1 is 1.21 bits per heavy atom. The van der Waals surface area contributed by atoms with Gasteiger partial charge in [0.25, 0.3) is 0 Å². The van der Waals surface area contributed by atoms with Gasteiger partial charge in [0.1, 0.15) is 0 Å². The maximum atomic E-state index is 5.84. The van der Waals surface area contributed by atoms with Crippen molar-refractivity contribution in [2.24, 2.45) is 0 Å². The topological polar surface area (TPSA) is 33.3 Å². The summed E-state index contributed by atoms with van der Waals surface area (Å²) in [6, 6.07) is 1.34. The van der Waals surface area contributed by atoms with E-state index in [2.05, 4.69) is 10.6 Å². The highest BCUT2D eigenvalue weighted by Crippen LogP contribution is 2.34. The second-order valence-corrected chi connectivity index (χ2v) is 4.93. The summed E-state index contributed by atoms with van der Waals surface area (Å²) in [5.74, 6) is 0. The molecule has 4 unspecified atom stereocenters. The lowest BCUT2D eigenvalue weighted by atomic mass is 9.94. The molecule has 4 atom stereocenters. The summed E-state index contributed by atoms with van der Waals surface area (Å²) < 4.78 is 5.84. The van der Waals surface area contributed by atoms with Crippen molar-refractivity contribution in [1.29, 1.82) is 0 Å². The molecule has 2 N–H and O–H groups in total. The highest BCUT2D eigenvalue weighted by atomic mass is 16.5. The summed E-state index contributed by atoms with van der Waals surface area (Å²) in [4.78, 5) is 0. The molecule has 3 heteroatoms. The van der Waals surface area contributed by atoms with E-state index in [-0.39, 0.29) is 0 Å². The molecule has 3 nitrogen and oxygen atoms in total. The monoisotopic (exact) mass is 196 g/mol. The van der Waals surface area contributed by atoms with Crippen LogP contribution in [0.25, 0.3) is 0 Å². The van der Waals surface area contributed by atoms with Crippen molar-refractivity contribution in [3.05, 3.63) is 0 Å². The molecule has 0 aromatic carbocycles. The molecular formula is C11H20N2O. The van der Waals surface area contributed by atoms with E-state index in [0.29, 0.717) is 24.3 Å². The minimum Gasteiger partial charge on any atom is -0.373 e. The van der Waals surface area contributed by atoms with Gasteiger partial charge in [-0.15, -0.1) is 0 Å². The smallest absolute Gasteiger partial charge is 0.0733 e. The standard InChI is InChI=1S/C11H20N2O/c1-2-8(7-12-5-1)13-10-6-9-3-4-11(10)14-9/h8-13H,1-7H2. The zero-order chi connectivity index (χ0) is 9.38. The maximum absolute atomic E-state index is 5.84. The van der Waals surface area contributed by atoms with E-state index in [4.69, 9.17) is 4.74 Å². The second-order valence-electron chi connectivity index (χ2n) is 4.93. The third kappa shape index (κ3) is 1.69. The van der Waals surface area contributed by atoms with Crippen LogP contribution < -0.4 is 10.6 Å². The van der Waals surface area contributed by atoms with Crippen LogP contribution in [-0.2, 0) is 4.74 Å². The van der Waals surface area contributed by atoms with Crippen LogP contribution in [0.5, 0.6) is 0 Å². The summed E-state index contributed by atoms with van der Waals surface area (Å²) >= 11 is 0. The fraction of sp³-hybridized carbons (Fsp3) is 1.00. The third-order valence-corrected chi connectivity index (χ3v) is 3.85. The molecule has 0 spiro atoms. The molecule has 14 heavy (non-hydrogen) atoms. The van der Waals surface area contributed by atoms with Gasteiger partial charge in [-0.25, -0.2) is 0 Å². The number of hydrogen-bond acceptors (Lipinski definition) is 3. The fourth-order valence-electron chi connectivity index (χ4n) is 3.11. The SMILES string of the molecule is C1CNCC(NC2CC3CCC2O3)C1. The summed E-state index contributed by atoms with van der Waals surface area (Å²) in [5, 5.41) is 7.21. The van der Waals surface area contributed by atoms with E-state index in [9.17, 15) is 0 Å². The number of fused-ring (bicyclic) bond motifs is 2. The molecule has 80 valence electrons. The molecule has 0 aliphatic carbocycles. The van der Waals surface area contributed by atoms with E-state index < -0.39 is 0 Å². The van der Waals surface area contributed by atoms with Gasteiger partial charge in [-0.3, -0.25) is 0 Å². The van der Waals surface area contributed by atoms with Crippen molar-refractivity contribution in [2.75, 3.05) is 13.1 Å². The van der Waals surface area contributed by atoms with Gasteiger partial charge < -0.3 is 15.4 Å². The first kappa shape index (κ1) is 9.13. The van der Waals surface area contributed by atoms with Crippen molar-refractivity contribution in [2.45, 2.75) is 56.4 Å². The zero-order valence-electron chi connectivity index (χ0n) is 8.67. The van der Waals surface area contributed by atoms with Crippen molar-refractivity contribution < 1.29 is 4.74 Å². The van der Waals surface area contributed by atoms with Gasteiger partial charge in [0.2, 0.25) is 0 Å². The van der Waals surface area contributed by atoms with Crippen LogP contribution in [0.15, 0.2) is 0 Å². The van der Waals surface area contributed by atoms with E-state index in [1.54, 1.807) is 0 Å². The number of nitrogens with one attached hydrogen (secondary N) is 2. The predicted octanol–water partition coefficient (Wildman–Crippen LogP) is 0.648. The van der Waals surface area contributed by atoms with Crippen molar-refractivity contribution in [3.8, 4) is 0 Å². The van der Waals surface area contributed by atoms with Gasteiger partial charge in [-0.1, -0.05) is 0 Å². The van der Waals surface area contributed by atoms with Gasteiger partial charge in [0, 0.05) is 18.6 Å². The summed E-state index contributed by atoms with van der Waals surface area (Å²) in [6.07, 6.45) is 7.59. The average molecular weight is 196 g/mol. The van der Waals surface area contributed by atoms with E-state index in [1.165, 1.54) is 38.6 Å². The Bertz CT molecular complexity index is 203. The number of piperidine rings is 1. The molecule has 3 saturated heterocycles. The fourth-order valence-corrected chi connectivity index (χ4v) is 3.11. The molecule has 0 aromatic heterocycles. The normalized spacial score (nSPS) is 47.1. The summed E-state index contributed by atoms with van der Waals surface area (Å²) in [5.41, 5.74) is 0. The molecule has 0 saturated carbocycles. The Labute approximate surface area is 85.6 Å². The van der Waals surface area contributed by atoms with E-state index in [1.807, 2.05) is 0 Å². The predicted molar refractivity (Wildman–Crippen MR) is 55.3 cm³/mol. The number of rotatable bonds is 2. The van der Waals surface area contributed by atoms with Crippen molar-refractivity contribution >= 4 is 0 Å². The molecular weight excluding hydrogens is 176 g/mol. The van der Waals surface area contributed by atoms with Gasteiger partial charge in [0.15, 0.2) is 0 Å². The van der Waals surface area contributed by atoms with Crippen LogP contribution in [0.4, 0.5) is 0 Å². The average Bonchev–Trinajstić information content (AvgIpc) is 2.81. The number of hydrogen-bond donors (Lipinski definition) is 2. The lowest BCUT2D eigenvalue weighted by Crippen LogP contribution is -2.50. The Balaban J connectivity index is 1.52. The molecule has 3 aliphatic heterocycles. The lowest BCUT2D eigenvalue weighted by molar-refractivity contribution is 0.0954. The van der Waals surface area contributed by atoms with Crippen LogP contribution >= 0.6 is 0 Å². The Hall–Kier alpha value is -0.120. The Kier molecular flexibility index (Phi) is 2.48. The molecule has 3 rings (SSSR count). The third-order valence-electron chi connectivity index (χ3n) is 3.85. The van der Waals surface area contributed by atoms with Crippen LogP contribution in [0.2, 0.25) is 0 Å². The van der Waals surface area contributed by atoms with Crippen molar-refractivity contribution in [3.63, 3.8) is 0 Å². The number of ether oxygens (including phenoxy) is 1. The maximum Gasteiger partial charge on any atom is 0.0733 e. The van der Waals surface area contributed by atoms with Gasteiger partial charge in [0.05, 0.1) is 12.2 Å². The van der Waals surface area contributed by atoms with E-state index in [0.717, 1.165) is 6.54 Å². The molecule has 3 heterocycles. The van der Waals surface area contributed by atoms with Gasteiger partial charge in [-0.05, 0) is 38.6 Å². The molecule has 0 radical (unpaired) electrons. The van der Waals surface area contributed by atoms with Crippen molar-refractivity contribution in [1.82, 2.24) is 10.6 Å². The molecule has 3 fully saturated rings. The van der Waals surface area contributed by atoms with Gasteiger partial charge >= 0.3 is 0 Å². The Morgan fingerprint density at radius 2 is 2.21 bits per heavy atom. The zero-order valence-corrected chi connectivity index (χ0v) is 8.67. The quantitative estimate of drug-likeness (QED) is 0.680. The first-order valence-electron chi connectivity index (χ1n) is 6.04. The minimum absolute atomic E-state index is 0.530. The largest absolute Gasteiger partial charge is 0.373 e. The van der Waals surface area contributed by atoms with E-state index >= 15 is 0 Å². The molecule has 0 amide bonds. The first-order chi connectivity index (χ1) is 6.92. The van der Waals surface area contributed by atoms with Crippen LogP contribution in [0.1, 0.15) is 32.1 Å². The highest BCUT2D eigenvalue weighted by molar-refractivity contribution is 4.95. The molecule has 0 aromatic rings. The molecule has 3 aliphatic rings. The summed E-state index contributed by atoms with van der Waals surface area (Å²) in [6.45, 7) is 2.35. The van der Waals surface area contributed by atoms with Crippen LogP contribution in [0.3, 0.4) is 0 Å². The first-order valence-corrected chi connectivity index (χ1v) is 6.04. The highest BCUT2D eigenvalue weighted by Gasteiger charge is 2.41. The minimum atomic E-state index is 0.530. The molecule has 2 bridgehead atoms. The van der Waals surface area contributed by atoms with Crippen LogP contribution in [-0.4, -0.2) is 37.4 Å². The second kappa shape index (κ2) is 3.80. The van der Waals surface area contributed by atoms with Crippen LogP contribution in [0, 0.1) is 0 Å². The van der Waals surface area contributed by atoms with Gasteiger partial charge in [-0.2, -0.15) is 0 Å². The Morgan fingerprint density at radius 3 is 2.86 bits per heavy atom.